The summed E-state index contributed by atoms with van der Waals surface area (Å²) in [5, 5.41) is 12.0. The van der Waals surface area contributed by atoms with E-state index in [2.05, 4.69) is 15.5 Å². The third-order valence-corrected chi connectivity index (χ3v) is 8.31. The minimum absolute atomic E-state index is 0.125. The molecule has 0 atom stereocenters. The second-order valence-electron chi connectivity index (χ2n) is 7.97. The molecule has 0 saturated heterocycles. The van der Waals surface area contributed by atoms with Crippen molar-refractivity contribution in [1.29, 1.82) is 0 Å². The van der Waals surface area contributed by atoms with Crippen molar-refractivity contribution >= 4 is 32.2 Å². The molecule has 2 heterocycles. The maximum Gasteiger partial charge on any atom is 0.262 e. The highest BCUT2D eigenvalue weighted by molar-refractivity contribution is 7.92. The van der Waals surface area contributed by atoms with Crippen LogP contribution in [0.5, 0.6) is 0 Å². The van der Waals surface area contributed by atoms with Gasteiger partial charge in [-0.1, -0.05) is 31.0 Å². The number of rotatable bonds is 5. The van der Waals surface area contributed by atoms with Gasteiger partial charge in [-0.3, -0.25) is 13.8 Å². The minimum Gasteiger partial charge on any atom is -0.378 e. The van der Waals surface area contributed by atoms with Gasteiger partial charge in [-0.2, -0.15) is 0 Å². The molecule has 0 spiro atoms. The number of benzene rings is 2. The van der Waals surface area contributed by atoms with E-state index in [1.54, 1.807) is 31.3 Å². The third-order valence-electron chi connectivity index (χ3n) is 6.05. The second kappa shape index (κ2) is 7.49. The number of sulfone groups is 1. The maximum atomic E-state index is 12.9. The fraction of sp³-hybridized carbons (Fsp3) is 0.318. The average Bonchev–Trinajstić information content (AvgIpc) is 3.47. The molecule has 4 aromatic rings. The predicted molar refractivity (Wildman–Crippen MR) is 119 cm³/mol. The zero-order chi connectivity index (χ0) is 21.6. The molecule has 1 fully saturated rings. The summed E-state index contributed by atoms with van der Waals surface area (Å²) in [7, 11) is -1.64. The summed E-state index contributed by atoms with van der Waals surface area (Å²) >= 11 is 0. The first-order valence-corrected chi connectivity index (χ1v) is 11.9. The van der Waals surface area contributed by atoms with Crippen molar-refractivity contribution < 1.29 is 8.42 Å². The highest BCUT2D eigenvalue weighted by Gasteiger charge is 2.30. The Labute approximate surface area is 179 Å². The number of anilines is 1. The molecule has 0 unspecified atom stereocenters. The number of para-hydroxylation sites is 1. The van der Waals surface area contributed by atoms with Gasteiger partial charge in [0.15, 0.2) is 15.7 Å². The lowest BCUT2D eigenvalue weighted by Crippen LogP contribution is -2.20. The van der Waals surface area contributed by atoms with Crippen molar-refractivity contribution in [1.82, 2.24) is 19.2 Å². The lowest BCUT2D eigenvalue weighted by atomic mass is 10.2. The normalized spacial score (nSPS) is 15.1. The first-order chi connectivity index (χ1) is 15.0. The van der Waals surface area contributed by atoms with Crippen LogP contribution in [-0.4, -0.2) is 32.8 Å². The topological polar surface area (TPSA) is 98.4 Å². The van der Waals surface area contributed by atoms with Crippen LogP contribution in [0.4, 0.5) is 5.69 Å². The minimum atomic E-state index is -3.32. The standard InChI is InChI=1S/C22H23N5O3S/c1-26-21(28)18-11-4-5-12-19(18)27-20(24-25-22(26)27)14-23-15-7-6-10-17(13-15)31(29,30)16-8-2-3-9-16/h4-7,10-13,16,23H,2-3,8-9,14H2,1H3. The Balaban J connectivity index is 1.48. The first kappa shape index (κ1) is 19.7. The van der Waals surface area contributed by atoms with Gasteiger partial charge in [-0.15, -0.1) is 10.2 Å². The van der Waals surface area contributed by atoms with Crippen molar-refractivity contribution in [3.05, 3.63) is 64.7 Å². The van der Waals surface area contributed by atoms with Gasteiger partial charge in [-0.25, -0.2) is 8.42 Å². The SMILES string of the molecule is Cn1c(=O)c2ccccc2n2c(CNc3cccc(S(=O)(=O)C4CCCC4)c3)nnc12. The second-order valence-corrected chi connectivity index (χ2v) is 10.2. The number of nitrogens with zero attached hydrogens (tertiary/aromatic N) is 4. The molecule has 1 N–H and O–H groups in total. The van der Waals surface area contributed by atoms with Crippen LogP contribution in [0.1, 0.15) is 31.5 Å². The van der Waals surface area contributed by atoms with Crippen molar-refractivity contribution in [2.75, 3.05) is 5.32 Å². The smallest absolute Gasteiger partial charge is 0.262 e. The predicted octanol–water partition coefficient (Wildman–Crippen LogP) is 2.91. The lowest BCUT2D eigenvalue weighted by molar-refractivity contribution is 0.579. The van der Waals surface area contributed by atoms with E-state index in [1.165, 1.54) is 4.57 Å². The van der Waals surface area contributed by atoms with Gasteiger partial charge in [-0.05, 0) is 43.2 Å². The molecule has 0 radical (unpaired) electrons. The summed E-state index contributed by atoms with van der Waals surface area (Å²) in [6.07, 6.45) is 3.41. The molecule has 1 saturated carbocycles. The Morgan fingerprint density at radius 3 is 2.65 bits per heavy atom. The maximum absolute atomic E-state index is 12.9. The van der Waals surface area contributed by atoms with E-state index in [0.717, 1.165) is 31.2 Å². The Kier molecular flexibility index (Phi) is 4.77. The summed E-state index contributed by atoms with van der Waals surface area (Å²) in [4.78, 5) is 12.9. The molecule has 0 amide bonds. The molecular weight excluding hydrogens is 414 g/mol. The van der Waals surface area contributed by atoms with E-state index in [0.29, 0.717) is 34.1 Å². The van der Waals surface area contributed by atoms with Gasteiger partial charge in [0.25, 0.3) is 5.56 Å². The van der Waals surface area contributed by atoms with Gasteiger partial charge >= 0.3 is 0 Å². The average molecular weight is 438 g/mol. The van der Waals surface area contributed by atoms with Gasteiger partial charge in [0.1, 0.15) is 0 Å². The van der Waals surface area contributed by atoms with Crippen LogP contribution in [-0.2, 0) is 23.4 Å². The monoisotopic (exact) mass is 437 g/mol. The van der Waals surface area contributed by atoms with Crippen LogP contribution in [0.3, 0.4) is 0 Å². The Morgan fingerprint density at radius 2 is 1.84 bits per heavy atom. The molecule has 0 bridgehead atoms. The largest absolute Gasteiger partial charge is 0.378 e. The first-order valence-electron chi connectivity index (χ1n) is 10.4. The summed E-state index contributed by atoms with van der Waals surface area (Å²) in [6.45, 7) is 0.330. The molecule has 2 aromatic carbocycles. The molecule has 5 rings (SSSR count). The van der Waals surface area contributed by atoms with Crippen LogP contribution >= 0.6 is 0 Å². The van der Waals surface area contributed by atoms with Gasteiger partial charge < -0.3 is 5.32 Å². The van der Waals surface area contributed by atoms with E-state index in [1.807, 2.05) is 28.7 Å². The number of hydrogen-bond donors (Lipinski definition) is 1. The molecule has 31 heavy (non-hydrogen) atoms. The highest BCUT2D eigenvalue weighted by atomic mass is 32.2. The molecule has 2 aromatic heterocycles. The summed E-state index contributed by atoms with van der Waals surface area (Å²) in [6, 6.07) is 14.3. The van der Waals surface area contributed by atoms with Crippen LogP contribution in [0.2, 0.25) is 0 Å². The fourth-order valence-electron chi connectivity index (χ4n) is 4.36. The fourth-order valence-corrected chi connectivity index (χ4v) is 6.26. The van der Waals surface area contributed by atoms with Crippen molar-refractivity contribution in [3.8, 4) is 0 Å². The summed E-state index contributed by atoms with van der Waals surface area (Å²) in [5.74, 6) is 1.09. The van der Waals surface area contributed by atoms with E-state index in [4.69, 9.17) is 0 Å². The van der Waals surface area contributed by atoms with Crippen LogP contribution < -0.4 is 10.9 Å². The van der Waals surface area contributed by atoms with E-state index in [-0.39, 0.29) is 10.8 Å². The summed E-state index contributed by atoms with van der Waals surface area (Å²) in [5.41, 5.74) is 1.31. The van der Waals surface area contributed by atoms with Crippen molar-refractivity contribution in [2.24, 2.45) is 7.05 Å². The van der Waals surface area contributed by atoms with Gasteiger partial charge in [0.05, 0.1) is 27.6 Å². The molecule has 1 aliphatic rings. The third kappa shape index (κ3) is 3.29. The summed E-state index contributed by atoms with van der Waals surface area (Å²) < 4.78 is 29.2. The number of aromatic nitrogens is 4. The molecule has 1 aliphatic carbocycles. The number of aryl methyl sites for hydroxylation is 1. The van der Waals surface area contributed by atoms with Gasteiger partial charge in [0, 0.05) is 12.7 Å². The van der Waals surface area contributed by atoms with E-state index >= 15 is 0 Å². The van der Waals surface area contributed by atoms with E-state index in [9.17, 15) is 13.2 Å². The Bertz CT molecular complexity index is 1450. The number of hydrogen-bond acceptors (Lipinski definition) is 6. The van der Waals surface area contributed by atoms with Crippen LogP contribution in [0.25, 0.3) is 16.7 Å². The Hall–Kier alpha value is -3.20. The molecule has 8 nitrogen and oxygen atoms in total. The highest BCUT2D eigenvalue weighted by Crippen LogP contribution is 2.30. The molecule has 0 aliphatic heterocycles. The molecular formula is C22H23N5O3S. The zero-order valence-electron chi connectivity index (χ0n) is 17.2. The van der Waals surface area contributed by atoms with Crippen molar-refractivity contribution in [2.45, 2.75) is 42.4 Å². The van der Waals surface area contributed by atoms with Crippen molar-refractivity contribution in [3.63, 3.8) is 0 Å². The van der Waals surface area contributed by atoms with Crippen LogP contribution in [0.15, 0.2) is 58.2 Å². The zero-order valence-corrected chi connectivity index (χ0v) is 18.0. The number of nitrogens with one attached hydrogen (secondary N) is 1. The number of fused-ring (bicyclic) bond motifs is 3. The lowest BCUT2D eigenvalue weighted by Gasteiger charge is -2.13. The van der Waals surface area contributed by atoms with Crippen LogP contribution in [0, 0.1) is 0 Å². The quantitative estimate of drug-likeness (QED) is 0.516. The Morgan fingerprint density at radius 1 is 1.06 bits per heavy atom. The van der Waals surface area contributed by atoms with Gasteiger partial charge in [0.2, 0.25) is 5.78 Å². The molecule has 9 heteroatoms. The molecule has 160 valence electrons. The van der Waals surface area contributed by atoms with E-state index < -0.39 is 9.84 Å².